The molecule has 2 aromatic carbocycles. The Labute approximate surface area is 121 Å². The standard InChI is InChI=1S/C13H10.C7H10/c1-3-7-12-10(5-1)9-11-6-2-4-8-13(11)12;1-2-7-4-3-6(1)5-7/h1-8H,9H2;1-2,6-7H,3-5H2. The van der Waals surface area contributed by atoms with Gasteiger partial charge in [-0.3, -0.25) is 0 Å². The van der Waals surface area contributed by atoms with Crippen LogP contribution in [0, 0.1) is 11.8 Å². The van der Waals surface area contributed by atoms with Gasteiger partial charge in [0, 0.05) is 0 Å². The Balaban J connectivity index is 0.000000127. The Hall–Kier alpha value is -1.82. The summed E-state index contributed by atoms with van der Waals surface area (Å²) >= 11 is 0. The highest BCUT2D eigenvalue weighted by atomic mass is 14.3. The summed E-state index contributed by atoms with van der Waals surface area (Å²) in [6.07, 6.45) is 10.3. The largest absolute Gasteiger partial charge is 0.0851 e. The normalized spacial score (nSPS) is 24.0. The lowest BCUT2D eigenvalue weighted by Gasteiger charge is -1.98. The molecule has 0 aromatic heterocycles. The maximum atomic E-state index is 2.38. The molecule has 2 bridgehead atoms. The van der Waals surface area contributed by atoms with Gasteiger partial charge in [-0.15, -0.1) is 0 Å². The van der Waals surface area contributed by atoms with Crippen LogP contribution in [0.3, 0.4) is 0 Å². The lowest BCUT2D eigenvalue weighted by Crippen LogP contribution is -1.82. The van der Waals surface area contributed by atoms with E-state index in [4.69, 9.17) is 0 Å². The highest BCUT2D eigenvalue weighted by Gasteiger charge is 2.25. The van der Waals surface area contributed by atoms with Gasteiger partial charge in [-0.05, 0) is 59.8 Å². The van der Waals surface area contributed by atoms with Crippen LogP contribution in [-0.4, -0.2) is 0 Å². The van der Waals surface area contributed by atoms with Crippen LogP contribution >= 0.6 is 0 Å². The van der Waals surface area contributed by atoms with Gasteiger partial charge in [-0.1, -0.05) is 60.7 Å². The van der Waals surface area contributed by atoms with Crippen molar-refractivity contribution in [3.8, 4) is 11.1 Å². The molecule has 0 spiro atoms. The summed E-state index contributed by atoms with van der Waals surface area (Å²) in [7, 11) is 0. The Morgan fingerprint density at radius 3 is 1.55 bits per heavy atom. The van der Waals surface area contributed by atoms with E-state index in [-0.39, 0.29) is 0 Å². The van der Waals surface area contributed by atoms with Crippen molar-refractivity contribution in [2.45, 2.75) is 25.7 Å². The Bertz CT molecular complexity index is 595. The smallest absolute Gasteiger partial charge is 0.00135 e. The maximum Gasteiger partial charge on any atom is -0.00135 e. The topological polar surface area (TPSA) is 0 Å². The molecule has 0 heteroatoms. The highest BCUT2D eigenvalue weighted by Crippen LogP contribution is 2.38. The van der Waals surface area contributed by atoms with E-state index >= 15 is 0 Å². The molecule has 0 nitrogen and oxygen atoms in total. The summed E-state index contributed by atoms with van der Waals surface area (Å²) in [5.74, 6) is 1.98. The number of fused-ring (bicyclic) bond motifs is 5. The first kappa shape index (κ1) is 12.0. The van der Waals surface area contributed by atoms with Crippen molar-refractivity contribution >= 4 is 0 Å². The Kier molecular flexibility index (Phi) is 2.95. The molecule has 100 valence electrons. The first-order valence-corrected chi connectivity index (χ1v) is 7.74. The van der Waals surface area contributed by atoms with E-state index in [0.29, 0.717) is 0 Å². The van der Waals surface area contributed by atoms with E-state index in [9.17, 15) is 0 Å². The molecule has 20 heavy (non-hydrogen) atoms. The van der Waals surface area contributed by atoms with Gasteiger partial charge in [-0.25, -0.2) is 0 Å². The van der Waals surface area contributed by atoms with Crippen LogP contribution in [0.2, 0.25) is 0 Å². The van der Waals surface area contributed by atoms with Gasteiger partial charge in [-0.2, -0.15) is 0 Å². The van der Waals surface area contributed by atoms with Gasteiger partial charge in [0.15, 0.2) is 0 Å². The predicted octanol–water partition coefficient (Wildman–Crippen LogP) is 5.23. The van der Waals surface area contributed by atoms with Crippen LogP contribution in [0.4, 0.5) is 0 Å². The second kappa shape index (κ2) is 4.94. The molecule has 2 aromatic rings. The predicted molar refractivity (Wildman–Crippen MR) is 84.7 cm³/mol. The minimum Gasteiger partial charge on any atom is -0.0851 e. The molecule has 0 N–H and O–H groups in total. The van der Waals surface area contributed by atoms with E-state index in [1.807, 2.05) is 0 Å². The lowest BCUT2D eigenvalue weighted by molar-refractivity contribution is 0.691. The first-order valence-electron chi connectivity index (χ1n) is 7.74. The van der Waals surface area contributed by atoms with E-state index in [2.05, 4.69) is 60.7 Å². The molecular formula is C20H20. The summed E-state index contributed by atoms with van der Waals surface area (Å²) in [4.78, 5) is 0. The zero-order valence-corrected chi connectivity index (χ0v) is 11.8. The fourth-order valence-electron chi connectivity index (χ4n) is 3.80. The summed E-state index contributed by atoms with van der Waals surface area (Å²) < 4.78 is 0. The van der Waals surface area contributed by atoms with E-state index in [1.165, 1.54) is 41.5 Å². The van der Waals surface area contributed by atoms with Crippen molar-refractivity contribution in [3.05, 3.63) is 71.8 Å². The van der Waals surface area contributed by atoms with Crippen molar-refractivity contribution in [1.29, 1.82) is 0 Å². The number of rotatable bonds is 0. The summed E-state index contributed by atoms with van der Waals surface area (Å²) in [6.45, 7) is 0. The first-order chi connectivity index (χ1) is 9.90. The van der Waals surface area contributed by atoms with Crippen LogP contribution < -0.4 is 0 Å². The number of hydrogen-bond acceptors (Lipinski definition) is 0. The lowest BCUT2D eigenvalue weighted by atomic mass is 10.1. The molecule has 1 saturated carbocycles. The molecule has 2 unspecified atom stereocenters. The van der Waals surface area contributed by atoms with Crippen molar-refractivity contribution in [3.63, 3.8) is 0 Å². The van der Waals surface area contributed by atoms with Crippen molar-refractivity contribution in [2.75, 3.05) is 0 Å². The molecule has 2 atom stereocenters. The molecule has 0 saturated heterocycles. The Morgan fingerprint density at radius 1 is 0.650 bits per heavy atom. The van der Waals surface area contributed by atoms with E-state index in [0.717, 1.165) is 18.3 Å². The monoisotopic (exact) mass is 260 g/mol. The van der Waals surface area contributed by atoms with Gasteiger partial charge >= 0.3 is 0 Å². The molecule has 5 rings (SSSR count). The Morgan fingerprint density at radius 2 is 1.15 bits per heavy atom. The summed E-state index contributed by atoms with van der Waals surface area (Å²) in [6, 6.07) is 17.3. The van der Waals surface area contributed by atoms with E-state index in [1.54, 1.807) is 0 Å². The second-order valence-corrected chi connectivity index (χ2v) is 6.21. The SMILES string of the molecule is C1=CC2CCC1C2.c1ccc2c(c1)Cc1ccccc1-2. The third-order valence-corrected chi connectivity index (χ3v) is 4.87. The minimum atomic E-state index is 0.991. The van der Waals surface area contributed by atoms with Crippen molar-refractivity contribution < 1.29 is 0 Å². The molecule has 0 amide bonds. The number of allylic oxidation sites excluding steroid dienone is 2. The fraction of sp³-hybridized carbons (Fsp3) is 0.300. The number of benzene rings is 2. The minimum absolute atomic E-state index is 0.991. The zero-order chi connectivity index (χ0) is 13.4. The van der Waals surface area contributed by atoms with Gasteiger partial charge in [0.05, 0.1) is 0 Å². The molecule has 0 heterocycles. The average molecular weight is 260 g/mol. The molecular weight excluding hydrogens is 240 g/mol. The van der Waals surface area contributed by atoms with Crippen molar-refractivity contribution in [2.24, 2.45) is 11.8 Å². The summed E-state index contributed by atoms with van der Waals surface area (Å²) in [5.41, 5.74) is 5.75. The quantitative estimate of drug-likeness (QED) is 0.485. The second-order valence-electron chi connectivity index (χ2n) is 6.21. The average Bonchev–Trinajstić information content (AvgIpc) is 3.23. The third kappa shape index (κ3) is 2.10. The van der Waals surface area contributed by atoms with Crippen LogP contribution in [0.25, 0.3) is 11.1 Å². The van der Waals surface area contributed by atoms with Crippen LogP contribution in [0.5, 0.6) is 0 Å². The molecule has 0 radical (unpaired) electrons. The third-order valence-electron chi connectivity index (χ3n) is 4.87. The maximum absolute atomic E-state index is 2.38. The molecule has 3 aliphatic carbocycles. The zero-order valence-electron chi connectivity index (χ0n) is 11.8. The van der Waals surface area contributed by atoms with E-state index < -0.39 is 0 Å². The van der Waals surface area contributed by atoms with Crippen LogP contribution in [0.15, 0.2) is 60.7 Å². The van der Waals surface area contributed by atoms with Crippen LogP contribution in [-0.2, 0) is 6.42 Å². The summed E-state index contributed by atoms with van der Waals surface area (Å²) in [5, 5.41) is 0. The number of hydrogen-bond donors (Lipinski definition) is 0. The van der Waals surface area contributed by atoms with Crippen molar-refractivity contribution in [1.82, 2.24) is 0 Å². The molecule has 0 aliphatic heterocycles. The van der Waals surface area contributed by atoms with Gasteiger partial charge in [0.1, 0.15) is 0 Å². The van der Waals surface area contributed by atoms with Gasteiger partial charge in [0.25, 0.3) is 0 Å². The van der Waals surface area contributed by atoms with Gasteiger partial charge in [0.2, 0.25) is 0 Å². The molecule has 3 aliphatic rings. The van der Waals surface area contributed by atoms with Gasteiger partial charge < -0.3 is 0 Å². The molecule has 1 fully saturated rings. The van der Waals surface area contributed by atoms with Crippen LogP contribution in [0.1, 0.15) is 30.4 Å². The highest BCUT2D eigenvalue weighted by molar-refractivity contribution is 5.76. The fourth-order valence-corrected chi connectivity index (χ4v) is 3.80.